The third-order valence-electron chi connectivity index (χ3n) is 4.92. The molecule has 2 bridgehead atoms. The van der Waals surface area contributed by atoms with E-state index < -0.39 is 5.97 Å². The maximum absolute atomic E-state index is 13.4. The van der Waals surface area contributed by atoms with Crippen molar-refractivity contribution in [1.29, 1.82) is 0 Å². The Balaban J connectivity index is 1.77. The Hall–Kier alpha value is -1.46. The van der Waals surface area contributed by atoms with Crippen molar-refractivity contribution in [3.05, 3.63) is 35.1 Å². The summed E-state index contributed by atoms with van der Waals surface area (Å²) in [6.45, 7) is 2.39. The number of likely N-dealkylation sites (tertiary alicyclic amines) is 1. The predicted octanol–water partition coefficient (Wildman–Crippen LogP) is 2.19. The molecule has 114 valence electrons. The van der Waals surface area contributed by atoms with Gasteiger partial charge in [-0.1, -0.05) is 0 Å². The minimum Gasteiger partial charge on any atom is -0.478 e. The molecule has 2 fully saturated rings. The summed E-state index contributed by atoms with van der Waals surface area (Å²) < 4.78 is 13.4. The Kier molecular flexibility index (Phi) is 3.95. The van der Waals surface area contributed by atoms with Gasteiger partial charge in [0.15, 0.2) is 0 Å². The first-order valence-corrected chi connectivity index (χ1v) is 7.50. The first-order valence-electron chi connectivity index (χ1n) is 7.50. The van der Waals surface area contributed by atoms with E-state index in [4.69, 9.17) is 0 Å². The van der Waals surface area contributed by atoms with Crippen molar-refractivity contribution < 1.29 is 14.3 Å². The lowest BCUT2D eigenvalue weighted by Gasteiger charge is -2.26. The second kappa shape index (κ2) is 5.73. The Morgan fingerprint density at radius 2 is 2.10 bits per heavy atom. The molecule has 21 heavy (non-hydrogen) atoms. The molecule has 2 saturated heterocycles. The largest absolute Gasteiger partial charge is 0.478 e. The first kappa shape index (κ1) is 14.5. The van der Waals surface area contributed by atoms with Crippen LogP contribution in [0.25, 0.3) is 0 Å². The SMILES string of the molecule is CN1C2CCC1CN(Cc1cc(F)ccc1C(=O)O)CC2. The van der Waals surface area contributed by atoms with Gasteiger partial charge in [-0.15, -0.1) is 0 Å². The molecule has 1 aromatic rings. The second-order valence-corrected chi connectivity index (χ2v) is 6.18. The Morgan fingerprint density at radius 3 is 2.86 bits per heavy atom. The number of carbonyl (C=O) groups is 1. The molecule has 1 N–H and O–H groups in total. The maximum Gasteiger partial charge on any atom is 0.336 e. The lowest BCUT2D eigenvalue weighted by atomic mass is 10.0. The average Bonchev–Trinajstić information content (AvgIpc) is 2.67. The van der Waals surface area contributed by atoms with E-state index in [-0.39, 0.29) is 11.4 Å². The number of halogens is 1. The summed E-state index contributed by atoms with van der Waals surface area (Å²) in [6, 6.07) is 5.12. The monoisotopic (exact) mass is 292 g/mol. The van der Waals surface area contributed by atoms with Crippen LogP contribution in [0, 0.1) is 5.82 Å². The zero-order valence-electron chi connectivity index (χ0n) is 12.3. The third-order valence-corrected chi connectivity index (χ3v) is 4.92. The zero-order chi connectivity index (χ0) is 15.0. The summed E-state index contributed by atoms with van der Waals surface area (Å²) in [6.07, 6.45) is 3.56. The zero-order valence-corrected chi connectivity index (χ0v) is 12.3. The second-order valence-electron chi connectivity index (χ2n) is 6.18. The molecule has 0 radical (unpaired) electrons. The predicted molar refractivity (Wildman–Crippen MR) is 77.8 cm³/mol. The van der Waals surface area contributed by atoms with Crippen LogP contribution >= 0.6 is 0 Å². The summed E-state index contributed by atoms with van der Waals surface area (Å²) >= 11 is 0. The van der Waals surface area contributed by atoms with Crippen LogP contribution < -0.4 is 0 Å². The number of carboxylic acids is 1. The maximum atomic E-state index is 13.4. The minimum absolute atomic E-state index is 0.208. The van der Waals surface area contributed by atoms with Gasteiger partial charge in [0.25, 0.3) is 0 Å². The van der Waals surface area contributed by atoms with Crippen LogP contribution in [-0.2, 0) is 6.54 Å². The highest BCUT2D eigenvalue weighted by atomic mass is 19.1. The summed E-state index contributed by atoms with van der Waals surface area (Å²) in [4.78, 5) is 16.0. The Labute approximate surface area is 124 Å². The van der Waals surface area contributed by atoms with Crippen molar-refractivity contribution in [2.45, 2.75) is 37.9 Å². The highest BCUT2D eigenvalue weighted by Gasteiger charge is 2.34. The molecule has 5 heteroatoms. The summed E-state index contributed by atoms with van der Waals surface area (Å²) in [5.74, 6) is -1.36. The van der Waals surface area contributed by atoms with E-state index in [9.17, 15) is 14.3 Å². The van der Waals surface area contributed by atoms with E-state index in [2.05, 4.69) is 16.8 Å². The number of aromatic carboxylic acids is 1. The van der Waals surface area contributed by atoms with E-state index in [1.54, 1.807) is 0 Å². The molecule has 0 aliphatic carbocycles. The quantitative estimate of drug-likeness (QED) is 0.927. The van der Waals surface area contributed by atoms with Gasteiger partial charge < -0.3 is 5.11 Å². The van der Waals surface area contributed by atoms with Crippen LogP contribution in [0.2, 0.25) is 0 Å². The minimum atomic E-state index is -0.988. The van der Waals surface area contributed by atoms with Gasteiger partial charge in [0.05, 0.1) is 5.56 Å². The molecule has 0 saturated carbocycles. The van der Waals surface area contributed by atoms with Gasteiger partial charge in [-0.05, 0) is 50.1 Å². The van der Waals surface area contributed by atoms with Crippen LogP contribution in [0.4, 0.5) is 4.39 Å². The van der Waals surface area contributed by atoms with E-state index in [1.807, 2.05) is 0 Å². The van der Waals surface area contributed by atoms with Crippen LogP contribution in [0.15, 0.2) is 18.2 Å². The molecule has 0 spiro atoms. The topological polar surface area (TPSA) is 43.8 Å². The summed E-state index contributed by atoms with van der Waals surface area (Å²) in [5, 5.41) is 9.24. The lowest BCUT2D eigenvalue weighted by Crippen LogP contribution is -2.36. The van der Waals surface area contributed by atoms with Gasteiger partial charge in [0.1, 0.15) is 5.82 Å². The molecule has 2 aliphatic heterocycles. The first-order chi connectivity index (χ1) is 10.0. The Morgan fingerprint density at radius 1 is 1.33 bits per heavy atom. The molecule has 1 aromatic carbocycles. The Bertz CT molecular complexity index is 549. The molecule has 2 atom stereocenters. The van der Waals surface area contributed by atoms with Gasteiger partial charge >= 0.3 is 5.97 Å². The van der Waals surface area contributed by atoms with E-state index in [0.29, 0.717) is 24.2 Å². The van der Waals surface area contributed by atoms with Crippen LogP contribution in [-0.4, -0.2) is 53.1 Å². The fourth-order valence-corrected chi connectivity index (χ4v) is 3.67. The van der Waals surface area contributed by atoms with E-state index in [0.717, 1.165) is 19.5 Å². The molecule has 2 unspecified atom stereocenters. The highest BCUT2D eigenvalue weighted by Crippen LogP contribution is 2.29. The lowest BCUT2D eigenvalue weighted by molar-refractivity contribution is 0.0694. The van der Waals surface area contributed by atoms with Crippen molar-refractivity contribution in [3.8, 4) is 0 Å². The van der Waals surface area contributed by atoms with Gasteiger partial charge in [-0.25, -0.2) is 9.18 Å². The van der Waals surface area contributed by atoms with Crippen molar-refractivity contribution in [2.75, 3.05) is 20.1 Å². The number of likely N-dealkylation sites (N-methyl/N-ethyl adjacent to an activating group) is 1. The molecular weight excluding hydrogens is 271 g/mol. The van der Waals surface area contributed by atoms with Crippen molar-refractivity contribution in [3.63, 3.8) is 0 Å². The van der Waals surface area contributed by atoms with Gasteiger partial charge in [-0.2, -0.15) is 0 Å². The number of carboxylic acid groups (broad SMARTS) is 1. The molecular formula is C16H21FN2O2. The number of benzene rings is 1. The van der Waals surface area contributed by atoms with Crippen molar-refractivity contribution in [1.82, 2.24) is 9.80 Å². The van der Waals surface area contributed by atoms with Gasteiger partial charge in [0, 0.05) is 31.7 Å². The summed E-state index contributed by atoms with van der Waals surface area (Å²) in [7, 11) is 2.18. The highest BCUT2D eigenvalue weighted by molar-refractivity contribution is 5.89. The number of rotatable bonds is 3. The number of hydrogen-bond acceptors (Lipinski definition) is 3. The van der Waals surface area contributed by atoms with Crippen molar-refractivity contribution in [2.24, 2.45) is 0 Å². The van der Waals surface area contributed by atoms with Crippen molar-refractivity contribution >= 4 is 5.97 Å². The third kappa shape index (κ3) is 2.94. The van der Waals surface area contributed by atoms with Crippen LogP contribution in [0.5, 0.6) is 0 Å². The fraction of sp³-hybridized carbons (Fsp3) is 0.562. The fourth-order valence-electron chi connectivity index (χ4n) is 3.67. The molecule has 2 aliphatic rings. The number of nitrogens with zero attached hydrogens (tertiary/aromatic N) is 2. The normalized spacial score (nSPS) is 26.8. The molecule has 4 nitrogen and oxygen atoms in total. The van der Waals surface area contributed by atoms with Gasteiger partial charge in [-0.3, -0.25) is 9.80 Å². The standard InChI is InChI=1S/C16H21FN2O2/c1-18-13-3-4-14(18)10-19(7-6-13)9-11-8-12(17)2-5-15(11)16(20)21/h2,5,8,13-14H,3-4,6-7,9-10H2,1H3,(H,20,21). The molecule has 0 aromatic heterocycles. The van der Waals surface area contributed by atoms with Gasteiger partial charge in [0.2, 0.25) is 0 Å². The number of fused-ring (bicyclic) bond motifs is 2. The van der Waals surface area contributed by atoms with E-state index in [1.165, 1.54) is 31.0 Å². The molecule has 3 rings (SSSR count). The summed E-state index contributed by atoms with van der Waals surface area (Å²) in [5.41, 5.74) is 0.780. The number of hydrogen-bond donors (Lipinski definition) is 1. The van der Waals surface area contributed by atoms with Crippen LogP contribution in [0.3, 0.4) is 0 Å². The molecule has 0 amide bonds. The van der Waals surface area contributed by atoms with Crippen LogP contribution in [0.1, 0.15) is 35.2 Å². The average molecular weight is 292 g/mol. The molecule has 2 heterocycles. The van der Waals surface area contributed by atoms with E-state index >= 15 is 0 Å². The smallest absolute Gasteiger partial charge is 0.336 e.